The Morgan fingerprint density at radius 1 is 1.15 bits per heavy atom. The summed E-state index contributed by atoms with van der Waals surface area (Å²) in [5.41, 5.74) is 0. The molecule has 1 aromatic rings. The summed E-state index contributed by atoms with van der Waals surface area (Å²) >= 11 is 0. The minimum Gasteiger partial charge on any atom is -0.356 e. The monoisotopic (exact) mass is 390 g/mol. The fourth-order valence-electron chi connectivity index (χ4n) is 2.74. The smallest absolute Gasteiger partial charge is 0.193 e. The number of hydrogen-bond acceptors (Lipinski definition) is 5. The predicted molar refractivity (Wildman–Crippen MR) is 89.6 cm³/mol. The molecule has 2 aliphatic heterocycles. The van der Waals surface area contributed by atoms with E-state index in [-0.39, 0.29) is 24.0 Å². The Kier molecular flexibility index (Phi) is 5.62. The van der Waals surface area contributed by atoms with Crippen LogP contribution in [0, 0.1) is 0 Å². The summed E-state index contributed by atoms with van der Waals surface area (Å²) < 4.78 is 2.31. The molecule has 6 nitrogen and oxygen atoms in total. The third kappa shape index (κ3) is 3.42. The van der Waals surface area contributed by atoms with Crippen molar-refractivity contribution in [2.45, 2.75) is 38.6 Å². The van der Waals surface area contributed by atoms with Crippen molar-refractivity contribution in [3.8, 4) is 0 Å². The number of halogens is 1. The van der Waals surface area contributed by atoms with E-state index >= 15 is 0 Å². The first kappa shape index (κ1) is 15.5. The lowest BCUT2D eigenvalue weighted by Crippen LogP contribution is -2.36. The van der Waals surface area contributed by atoms with E-state index in [1.165, 1.54) is 25.1 Å². The van der Waals surface area contributed by atoms with Crippen molar-refractivity contribution in [1.82, 2.24) is 25.0 Å². The lowest BCUT2D eigenvalue weighted by atomic mass is 10.2. The zero-order chi connectivity index (χ0) is 13.1. The molecule has 7 heteroatoms. The Balaban J connectivity index is 0.00000147. The highest BCUT2D eigenvalue weighted by Gasteiger charge is 2.15. The highest BCUT2D eigenvalue weighted by atomic mass is 127. The van der Waals surface area contributed by atoms with Crippen LogP contribution in [-0.4, -0.2) is 52.3 Å². The fraction of sp³-hybridized carbons (Fsp3) is 0.769. The van der Waals surface area contributed by atoms with Crippen LogP contribution in [0.4, 0.5) is 0 Å². The van der Waals surface area contributed by atoms with Gasteiger partial charge < -0.3 is 14.8 Å². The van der Waals surface area contributed by atoms with Gasteiger partial charge in [-0.2, -0.15) is 0 Å². The Hall–Kier alpha value is -0.860. The summed E-state index contributed by atoms with van der Waals surface area (Å²) in [6.45, 7) is 3.88. The van der Waals surface area contributed by atoms with Crippen LogP contribution in [0.2, 0.25) is 0 Å². The Bertz CT molecular complexity index is 469. The average Bonchev–Trinajstić information content (AvgIpc) is 2.90. The number of nitrogens with one attached hydrogen (secondary N) is 1. The van der Waals surface area contributed by atoms with Gasteiger partial charge in [-0.15, -0.1) is 34.2 Å². The third-order valence-corrected chi connectivity index (χ3v) is 3.88. The molecule has 0 saturated heterocycles. The number of likely N-dealkylation sites (N-methyl/N-ethyl adjacent to an activating group) is 1. The van der Waals surface area contributed by atoms with Crippen LogP contribution in [-0.2, 0) is 19.4 Å². The average molecular weight is 390 g/mol. The van der Waals surface area contributed by atoms with Crippen molar-refractivity contribution in [2.75, 3.05) is 26.7 Å². The maximum Gasteiger partial charge on any atom is 0.193 e. The third-order valence-electron chi connectivity index (χ3n) is 3.88. The molecule has 0 radical (unpaired) electrons. The van der Waals surface area contributed by atoms with E-state index < -0.39 is 0 Å². The van der Waals surface area contributed by atoms with E-state index in [4.69, 9.17) is 0 Å². The molecule has 0 spiro atoms. The van der Waals surface area contributed by atoms with Crippen LogP contribution in [0.1, 0.15) is 30.9 Å². The molecule has 1 aromatic heterocycles. The Morgan fingerprint density at radius 3 is 2.85 bits per heavy atom. The number of fused-ring (bicyclic) bond motifs is 1. The molecule has 3 rings (SSSR count). The first-order valence-electron chi connectivity index (χ1n) is 7.25. The topological polar surface area (TPSA) is 58.3 Å². The zero-order valence-corrected chi connectivity index (χ0v) is 14.3. The van der Waals surface area contributed by atoms with Gasteiger partial charge in [-0.05, 0) is 12.8 Å². The lowest BCUT2D eigenvalue weighted by Gasteiger charge is -2.15. The maximum absolute atomic E-state index is 4.43. The second kappa shape index (κ2) is 7.24. The molecule has 0 aromatic carbocycles. The van der Waals surface area contributed by atoms with Crippen LogP contribution in [0.15, 0.2) is 4.99 Å². The molecule has 0 aliphatic carbocycles. The number of aryl methyl sites for hydroxylation is 1. The molecule has 2 aliphatic rings. The molecular weight excluding hydrogens is 367 g/mol. The highest BCUT2D eigenvalue weighted by Crippen LogP contribution is 2.14. The van der Waals surface area contributed by atoms with E-state index in [0.717, 1.165) is 50.8 Å². The van der Waals surface area contributed by atoms with Gasteiger partial charge in [-0.3, -0.25) is 4.99 Å². The van der Waals surface area contributed by atoms with E-state index in [9.17, 15) is 0 Å². The first-order valence-corrected chi connectivity index (χ1v) is 7.25. The van der Waals surface area contributed by atoms with Crippen molar-refractivity contribution >= 4 is 29.9 Å². The summed E-state index contributed by atoms with van der Waals surface area (Å²) in [6, 6.07) is 0. The SMILES string of the molecule is CN1CCN=C1NCCc1nnc2n1CCCCC2.I. The van der Waals surface area contributed by atoms with Crippen LogP contribution in [0.5, 0.6) is 0 Å². The number of hydrogen-bond donors (Lipinski definition) is 1. The quantitative estimate of drug-likeness (QED) is 0.785. The summed E-state index contributed by atoms with van der Waals surface area (Å²) in [4.78, 5) is 6.58. The van der Waals surface area contributed by atoms with Gasteiger partial charge in [0.15, 0.2) is 5.96 Å². The number of nitrogens with zero attached hydrogens (tertiary/aromatic N) is 5. The summed E-state index contributed by atoms with van der Waals surface area (Å²) in [6.07, 6.45) is 5.80. The van der Waals surface area contributed by atoms with E-state index in [1.54, 1.807) is 0 Å². The molecular formula is C13H23IN6. The molecule has 0 amide bonds. The molecule has 20 heavy (non-hydrogen) atoms. The number of guanidine groups is 1. The van der Waals surface area contributed by atoms with Gasteiger partial charge in [-0.25, -0.2) is 0 Å². The zero-order valence-electron chi connectivity index (χ0n) is 12.0. The van der Waals surface area contributed by atoms with Crippen LogP contribution in [0.3, 0.4) is 0 Å². The largest absolute Gasteiger partial charge is 0.356 e. The van der Waals surface area contributed by atoms with Crippen LogP contribution >= 0.6 is 24.0 Å². The number of rotatable bonds is 3. The summed E-state index contributed by atoms with van der Waals surface area (Å²) in [5.74, 6) is 3.30. The first-order chi connectivity index (χ1) is 9.34. The molecule has 0 bridgehead atoms. The minimum absolute atomic E-state index is 0. The van der Waals surface area contributed by atoms with E-state index in [2.05, 4.69) is 37.0 Å². The molecule has 0 atom stereocenters. The second-order valence-electron chi connectivity index (χ2n) is 5.30. The van der Waals surface area contributed by atoms with E-state index in [0.29, 0.717) is 0 Å². The standard InChI is InChI=1S/C13H22N6.HI/c1-18-10-8-15-13(18)14-7-6-12-17-16-11-5-3-2-4-9-19(11)12;/h2-10H2,1H3,(H,14,15);1H. The van der Waals surface area contributed by atoms with Crippen molar-refractivity contribution in [3.63, 3.8) is 0 Å². The highest BCUT2D eigenvalue weighted by molar-refractivity contribution is 14.0. The maximum atomic E-state index is 4.43. The van der Waals surface area contributed by atoms with Gasteiger partial charge in [0.1, 0.15) is 11.6 Å². The fourth-order valence-corrected chi connectivity index (χ4v) is 2.74. The minimum atomic E-state index is 0. The number of aliphatic imine (C=N–C) groups is 1. The predicted octanol–water partition coefficient (Wildman–Crippen LogP) is 1.06. The van der Waals surface area contributed by atoms with Gasteiger partial charge in [0.2, 0.25) is 0 Å². The van der Waals surface area contributed by atoms with E-state index in [1.807, 2.05) is 0 Å². The van der Waals surface area contributed by atoms with Gasteiger partial charge in [-0.1, -0.05) is 6.42 Å². The van der Waals surface area contributed by atoms with Crippen LogP contribution in [0.25, 0.3) is 0 Å². The normalized spacial score (nSPS) is 18.1. The molecule has 1 N–H and O–H groups in total. The number of aromatic nitrogens is 3. The molecule has 0 saturated carbocycles. The molecule has 3 heterocycles. The van der Waals surface area contributed by atoms with Crippen molar-refractivity contribution in [3.05, 3.63) is 11.6 Å². The summed E-state index contributed by atoms with van der Waals surface area (Å²) in [5, 5.41) is 12.1. The molecule has 112 valence electrons. The summed E-state index contributed by atoms with van der Waals surface area (Å²) in [7, 11) is 2.07. The van der Waals surface area contributed by atoms with Crippen molar-refractivity contribution in [2.24, 2.45) is 4.99 Å². The van der Waals surface area contributed by atoms with Gasteiger partial charge in [0.25, 0.3) is 0 Å². The van der Waals surface area contributed by atoms with Crippen molar-refractivity contribution < 1.29 is 0 Å². The lowest BCUT2D eigenvalue weighted by molar-refractivity contribution is 0.531. The molecule has 0 unspecified atom stereocenters. The Labute approximate surface area is 137 Å². The van der Waals surface area contributed by atoms with Gasteiger partial charge in [0.05, 0.1) is 6.54 Å². The van der Waals surface area contributed by atoms with Crippen LogP contribution < -0.4 is 5.32 Å². The van der Waals surface area contributed by atoms with Gasteiger partial charge >= 0.3 is 0 Å². The van der Waals surface area contributed by atoms with Gasteiger partial charge in [0, 0.05) is 39.5 Å². The Morgan fingerprint density at radius 2 is 2.05 bits per heavy atom. The second-order valence-corrected chi connectivity index (χ2v) is 5.30. The molecule has 0 fully saturated rings. The van der Waals surface area contributed by atoms with Crippen molar-refractivity contribution in [1.29, 1.82) is 0 Å².